The Hall–Kier alpha value is -1.52. The monoisotopic (exact) mass is 235 g/mol. The molecule has 0 saturated heterocycles. The summed E-state index contributed by atoms with van der Waals surface area (Å²) in [7, 11) is 0. The molecule has 0 spiro atoms. The van der Waals surface area contributed by atoms with Crippen LogP contribution in [-0.2, 0) is 13.1 Å². The molecule has 82 valence electrons. The van der Waals surface area contributed by atoms with Crippen LogP contribution in [0.4, 0.5) is 0 Å². The number of benzene rings is 1. The van der Waals surface area contributed by atoms with Gasteiger partial charge in [-0.15, -0.1) is 0 Å². The Labute approximate surface area is 96.8 Å². The van der Waals surface area contributed by atoms with Crippen LogP contribution in [0.1, 0.15) is 11.3 Å². The van der Waals surface area contributed by atoms with Crippen LogP contribution in [0.25, 0.3) is 5.69 Å². The van der Waals surface area contributed by atoms with E-state index in [1.165, 1.54) is 0 Å². The standard InChI is InChI=1S/C11H10ClN3O/c12-7-2-1-3-8(4-7)15-10-6-13-5-9(10)11(16)14-15/h1-4,13H,5-6H2,(H,14,16). The summed E-state index contributed by atoms with van der Waals surface area (Å²) in [5, 5.41) is 6.64. The van der Waals surface area contributed by atoms with E-state index in [4.69, 9.17) is 11.6 Å². The Kier molecular flexibility index (Phi) is 2.12. The van der Waals surface area contributed by atoms with Crippen LogP contribution in [0.15, 0.2) is 29.1 Å². The zero-order valence-corrected chi connectivity index (χ0v) is 9.21. The second kappa shape index (κ2) is 3.50. The van der Waals surface area contributed by atoms with Gasteiger partial charge in [0.2, 0.25) is 0 Å². The van der Waals surface area contributed by atoms with Crippen LogP contribution in [0, 0.1) is 0 Å². The van der Waals surface area contributed by atoms with E-state index in [9.17, 15) is 4.79 Å². The Morgan fingerprint density at radius 2 is 2.19 bits per heavy atom. The molecule has 0 atom stereocenters. The number of fused-ring (bicyclic) bond motifs is 1. The van der Waals surface area contributed by atoms with Crippen molar-refractivity contribution in [3.63, 3.8) is 0 Å². The molecular formula is C11H10ClN3O. The first-order valence-corrected chi connectivity index (χ1v) is 5.43. The predicted octanol–water partition coefficient (Wildman–Crippen LogP) is 1.42. The van der Waals surface area contributed by atoms with Gasteiger partial charge in [-0.2, -0.15) is 0 Å². The number of halogens is 1. The highest BCUT2D eigenvalue weighted by molar-refractivity contribution is 6.30. The van der Waals surface area contributed by atoms with Crippen LogP contribution in [0.2, 0.25) is 5.02 Å². The lowest BCUT2D eigenvalue weighted by Crippen LogP contribution is -2.13. The molecule has 1 aliphatic rings. The maximum atomic E-state index is 11.6. The fourth-order valence-electron chi connectivity index (χ4n) is 2.01. The third-order valence-corrected chi connectivity index (χ3v) is 3.00. The fourth-order valence-corrected chi connectivity index (χ4v) is 2.20. The summed E-state index contributed by atoms with van der Waals surface area (Å²) in [6.45, 7) is 1.35. The third kappa shape index (κ3) is 1.38. The molecule has 0 fully saturated rings. The van der Waals surface area contributed by atoms with Gasteiger partial charge in [-0.1, -0.05) is 17.7 Å². The van der Waals surface area contributed by atoms with Gasteiger partial charge in [-0.05, 0) is 18.2 Å². The first-order chi connectivity index (χ1) is 7.75. The van der Waals surface area contributed by atoms with Crippen molar-refractivity contribution in [3.8, 4) is 5.69 Å². The first-order valence-electron chi connectivity index (χ1n) is 5.05. The molecule has 3 rings (SSSR count). The number of hydrogen-bond acceptors (Lipinski definition) is 2. The van der Waals surface area contributed by atoms with Crippen molar-refractivity contribution in [1.82, 2.24) is 15.1 Å². The van der Waals surface area contributed by atoms with E-state index in [1.807, 2.05) is 24.3 Å². The highest BCUT2D eigenvalue weighted by atomic mass is 35.5. The summed E-state index contributed by atoms with van der Waals surface area (Å²) < 4.78 is 1.80. The maximum absolute atomic E-state index is 11.6. The summed E-state index contributed by atoms with van der Waals surface area (Å²) >= 11 is 5.93. The van der Waals surface area contributed by atoms with Crippen LogP contribution in [0.3, 0.4) is 0 Å². The van der Waals surface area contributed by atoms with Crippen molar-refractivity contribution in [2.24, 2.45) is 0 Å². The summed E-state index contributed by atoms with van der Waals surface area (Å²) in [6, 6.07) is 7.42. The molecule has 0 saturated carbocycles. The molecular weight excluding hydrogens is 226 g/mol. The van der Waals surface area contributed by atoms with Crippen molar-refractivity contribution < 1.29 is 0 Å². The largest absolute Gasteiger partial charge is 0.307 e. The first kappa shape index (κ1) is 9.69. The van der Waals surface area contributed by atoms with Crippen molar-refractivity contribution in [2.45, 2.75) is 13.1 Å². The van der Waals surface area contributed by atoms with Crippen molar-refractivity contribution in [2.75, 3.05) is 0 Å². The minimum absolute atomic E-state index is 0.0278. The Morgan fingerprint density at radius 3 is 3.00 bits per heavy atom. The molecule has 1 aliphatic heterocycles. The molecule has 1 aromatic heterocycles. The third-order valence-electron chi connectivity index (χ3n) is 2.77. The van der Waals surface area contributed by atoms with E-state index in [0.717, 1.165) is 16.9 Å². The van der Waals surface area contributed by atoms with Crippen molar-refractivity contribution in [1.29, 1.82) is 0 Å². The number of nitrogens with zero attached hydrogens (tertiary/aromatic N) is 1. The van der Waals surface area contributed by atoms with Gasteiger partial charge in [0.15, 0.2) is 0 Å². The fraction of sp³-hybridized carbons (Fsp3) is 0.182. The molecule has 1 aromatic carbocycles. The molecule has 0 aliphatic carbocycles. The molecule has 4 nitrogen and oxygen atoms in total. The Bertz CT molecular complexity index is 600. The predicted molar refractivity (Wildman–Crippen MR) is 61.9 cm³/mol. The van der Waals surface area contributed by atoms with Crippen LogP contribution in [0.5, 0.6) is 0 Å². The minimum Gasteiger partial charge on any atom is -0.307 e. The molecule has 5 heteroatoms. The van der Waals surface area contributed by atoms with Crippen molar-refractivity contribution in [3.05, 3.63) is 50.9 Å². The molecule has 0 radical (unpaired) electrons. The average molecular weight is 236 g/mol. The van der Waals surface area contributed by atoms with E-state index in [1.54, 1.807) is 4.68 Å². The normalized spacial score (nSPS) is 14.1. The van der Waals surface area contributed by atoms with E-state index in [2.05, 4.69) is 10.4 Å². The van der Waals surface area contributed by atoms with Gasteiger partial charge in [0.05, 0.1) is 16.9 Å². The number of aromatic nitrogens is 2. The van der Waals surface area contributed by atoms with E-state index >= 15 is 0 Å². The zero-order chi connectivity index (χ0) is 11.1. The number of H-pyrrole nitrogens is 1. The van der Waals surface area contributed by atoms with Gasteiger partial charge in [-0.3, -0.25) is 14.6 Å². The SMILES string of the molecule is O=c1[nH]n(-c2cccc(Cl)c2)c2c1CNC2. The highest BCUT2D eigenvalue weighted by Gasteiger charge is 2.20. The van der Waals surface area contributed by atoms with Crippen LogP contribution in [-0.4, -0.2) is 9.78 Å². The molecule has 2 aromatic rings. The van der Waals surface area contributed by atoms with E-state index in [-0.39, 0.29) is 5.56 Å². The van der Waals surface area contributed by atoms with Crippen LogP contribution < -0.4 is 10.9 Å². The smallest absolute Gasteiger partial charge is 0.269 e. The quantitative estimate of drug-likeness (QED) is 0.786. The van der Waals surface area contributed by atoms with Crippen LogP contribution >= 0.6 is 11.6 Å². The summed E-state index contributed by atoms with van der Waals surface area (Å²) in [4.78, 5) is 11.6. The van der Waals surface area contributed by atoms with Gasteiger partial charge in [-0.25, -0.2) is 0 Å². The Morgan fingerprint density at radius 1 is 1.31 bits per heavy atom. The Balaban J connectivity index is 2.21. The van der Waals surface area contributed by atoms with Gasteiger partial charge >= 0.3 is 0 Å². The molecule has 2 N–H and O–H groups in total. The molecule has 16 heavy (non-hydrogen) atoms. The molecule has 2 heterocycles. The zero-order valence-electron chi connectivity index (χ0n) is 8.46. The highest BCUT2D eigenvalue weighted by Crippen LogP contribution is 2.18. The second-order valence-electron chi connectivity index (χ2n) is 3.79. The summed E-state index contributed by atoms with van der Waals surface area (Å²) in [6.07, 6.45) is 0. The van der Waals surface area contributed by atoms with E-state index < -0.39 is 0 Å². The van der Waals surface area contributed by atoms with Crippen molar-refractivity contribution >= 4 is 11.6 Å². The van der Waals surface area contributed by atoms with E-state index in [0.29, 0.717) is 18.1 Å². The average Bonchev–Trinajstić information content (AvgIpc) is 2.83. The van der Waals surface area contributed by atoms with Gasteiger partial charge in [0.1, 0.15) is 0 Å². The maximum Gasteiger partial charge on any atom is 0.269 e. The second-order valence-corrected chi connectivity index (χ2v) is 4.22. The van der Waals surface area contributed by atoms with Gasteiger partial charge in [0.25, 0.3) is 5.56 Å². The number of nitrogens with one attached hydrogen (secondary N) is 2. The molecule has 0 unspecified atom stereocenters. The summed E-state index contributed by atoms with van der Waals surface area (Å²) in [5.74, 6) is 0. The summed E-state index contributed by atoms with van der Waals surface area (Å²) in [5.41, 5.74) is 2.67. The van der Waals surface area contributed by atoms with Gasteiger partial charge in [0, 0.05) is 18.1 Å². The number of rotatable bonds is 1. The lowest BCUT2D eigenvalue weighted by atomic mass is 10.3. The number of hydrogen-bond donors (Lipinski definition) is 2. The molecule has 0 amide bonds. The topological polar surface area (TPSA) is 49.8 Å². The van der Waals surface area contributed by atoms with Gasteiger partial charge < -0.3 is 5.32 Å². The minimum atomic E-state index is -0.0278. The lowest BCUT2D eigenvalue weighted by Gasteiger charge is -2.06. The molecule has 0 bridgehead atoms. The lowest BCUT2D eigenvalue weighted by molar-refractivity contribution is 0.704. The number of aromatic amines is 1.